The molecule has 3 rings (SSSR count). The second-order valence-electron chi connectivity index (χ2n) is 6.02. The maximum Gasteiger partial charge on any atom is -0.0181 e. The lowest BCUT2D eigenvalue weighted by molar-refractivity contribution is 0.531. The SMILES string of the molecule is CC(CCc1ccccc1)Cc1ccc2ccccc2c1. The number of hydrogen-bond donors (Lipinski definition) is 0. The van der Waals surface area contributed by atoms with Gasteiger partial charge in [-0.3, -0.25) is 0 Å². The molecule has 1 unspecified atom stereocenters. The molecule has 0 radical (unpaired) electrons. The predicted molar refractivity (Wildman–Crippen MR) is 91.6 cm³/mol. The summed E-state index contributed by atoms with van der Waals surface area (Å²) in [6.45, 7) is 2.36. The second kappa shape index (κ2) is 6.58. The average Bonchev–Trinajstić information content (AvgIpc) is 2.54. The van der Waals surface area contributed by atoms with E-state index < -0.39 is 0 Å². The van der Waals surface area contributed by atoms with Crippen LogP contribution in [0.15, 0.2) is 72.8 Å². The highest BCUT2D eigenvalue weighted by molar-refractivity contribution is 5.82. The molecule has 21 heavy (non-hydrogen) atoms. The maximum absolute atomic E-state index is 2.36. The summed E-state index contributed by atoms with van der Waals surface area (Å²) in [5, 5.41) is 2.68. The highest BCUT2D eigenvalue weighted by Crippen LogP contribution is 2.20. The molecule has 0 bridgehead atoms. The average molecular weight is 274 g/mol. The number of aryl methyl sites for hydroxylation is 1. The molecule has 0 fully saturated rings. The van der Waals surface area contributed by atoms with E-state index in [1.165, 1.54) is 34.7 Å². The molecule has 3 aromatic rings. The third-order valence-electron chi connectivity index (χ3n) is 4.17. The van der Waals surface area contributed by atoms with Crippen molar-refractivity contribution in [2.45, 2.75) is 26.2 Å². The van der Waals surface area contributed by atoms with Crippen molar-refractivity contribution < 1.29 is 0 Å². The van der Waals surface area contributed by atoms with Crippen LogP contribution < -0.4 is 0 Å². The largest absolute Gasteiger partial charge is 0.0622 e. The first-order chi connectivity index (χ1) is 10.3. The van der Waals surface area contributed by atoms with Crippen molar-refractivity contribution in [3.05, 3.63) is 83.9 Å². The molecule has 3 aromatic carbocycles. The van der Waals surface area contributed by atoms with Crippen molar-refractivity contribution in [2.24, 2.45) is 5.92 Å². The van der Waals surface area contributed by atoms with Crippen LogP contribution in [0.5, 0.6) is 0 Å². The van der Waals surface area contributed by atoms with Crippen LogP contribution in [0.3, 0.4) is 0 Å². The van der Waals surface area contributed by atoms with E-state index in [4.69, 9.17) is 0 Å². The zero-order valence-electron chi connectivity index (χ0n) is 12.6. The zero-order valence-corrected chi connectivity index (χ0v) is 12.6. The molecule has 0 saturated heterocycles. The first-order valence-electron chi connectivity index (χ1n) is 7.83. The minimum atomic E-state index is 0.714. The Labute approximate surface area is 127 Å². The summed E-state index contributed by atoms with van der Waals surface area (Å²) in [5.41, 5.74) is 2.90. The summed E-state index contributed by atoms with van der Waals surface area (Å²) in [7, 11) is 0. The van der Waals surface area contributed by atoms with Gasteiger partial charge in [0.2, 0.25) is 0 Å². The van der Waals surface area contributed by atoms with Gasteiger partial charge in [0, 0.05) is 0 Å². The molecule has 0 heteroatoms. The van der Waals surface area contributed by atoms with E-state index >= 15 is 0 Å². The molecule has 0 nitrogen and oxygen atoms in total. The number of hydrogen-bond acceptors (Lipinski definition) is 0. The molecule has 0 aliphatic carbocycles. The Bertz CT molecular complexity index is 697. The van der Waals surface area contributed by atoms with E-state index in [2.05, 4.69) is 79.7 Å². The minimum Gasteiger partial charge on any atom is -0.0622 e. The number of fused-ring (bicyclic) bond motifs is 1. The van der Waals surface area contributed by atoms with Crippen LogP contribution in [0.4, 0.5) is 0 Å². The Morgan fingerprint density at radius 2 is 1.43 bits per heavy atom. The lowest BCUT2D eigenvalue weighted by atomic mass is 9.93. The van der Waals surface area contributed by atoms with Crippen molar-refractivity contribution in [1.82, 2.24) is 0 Å². The first-order valence-corrected chi connectivity index (χ1v) is 7.83. The van der Waals surface area contributed by atoms with Gasteiger partial charge in [0.05, 0.1) is 0 Å². The fourth-order valence-corrected chi connectivity index (χ4v) is 2.93. The molecule has 0 aliphatic rings. The Hall–Kier alpha value is -2.08. The van der Waals surface area contributed by atoms with Crippen molar-refractivity contribution in [1.29, 1.82) is 0 Å². The van der Waals surface area contributed by atoms with Crippen molar-refractivity contribution in [3.8, 4) is 0 Å². The fraction of sp³-hybridized carbons (Fsp3) is 0.238. The normalized spacial score (nSPS) is 12.4. The van der Waals surface area contributed by atoms with E-state index in [-0.39, 0.29) is 0 Å². The molecular formula is C21H22. The van der Waals surface area contributed by atoms with Gasteiger partial charge in [-0.25, -0.2) is 0 Å². The minimum absolute atomic E-state index is 0.714. The van der Waals surface area contributed by atoms with Gasteiger partial charge >= 0.3 is 0 Å². The van der Waals surface area contributed by atoms with Crippen molar-refractivity contribution in [2.75, 3.05) is 0 Å². The molecule has 0 saturated carbocycles. The monoisotopic (exact) mass is 274 g/mol. The predicted octanol–water partition coefficient (Wildman–Crippen LogP) is 5.65. The van der Waals surface area contributed by atoms with Gasteiger partial charge in [-0.2, -0.15) is 0 Å². The Balaban J connectivity index is 1.62. The molecule has 0 heterocycles. The van der Waals surface area contributed by atoms with Crippen LogP contribution in [-0.2, 0) is 12.8 Å². The van der Waals surface area contributed by atoms with E-state index in [0.29, 0.717) is 5.92 Å². The summed E-state index contributed by atoms with van der Waals surface area (Å²) >= 11 is 0. The van der Waals surface area contributed by atoms with Gasteiger partial charge < -0.3 is 0 Å². The Kier molecular flexibility index (Phi) is 4.35. The molecule has 0 spiro atoms. The molecule has 0 aromatic heterocycles. The van der Waals surface area contributed by atoms with Gasteiger partial charge in [0.25, 0.3) is 0 Å². The highest BCUT2D eigenvalue weighted by atomic mass is 14.1. The van der Waals surface area contributed by atoms with Crippen LogP contribution in [-0.4, -0.2) is 0 Å². The molecule has 0 N–H and O–H groups in total. The summed E-state index contributed by atoms with van der Waals surface area (Å²) in [5.74, 6) is 0.714. The Morgan fingerprint density at radius 3 is 2.24 bits per heavy atom. The van der Waals surface area contributed by atoms with Crippen LogP contribution >= 0.6 is 0 Å². The second-order valence-corrected chi connectivity index (χ2v) is 6.02. The Morgan fingerprint density at radius 1 is 0.714 bits per heavy atom. The lowest BCUT2D eigenvalue weighted by Gasteiger charge is -2.12. The summed E-state index contributed by atoms with van der Waals surface area (Å²) in [6.07, 6.45) is 3.59. The summed E-state index contributed by atoms with van der Waals surface area (Å²) in [6, 6.07) is 26.3. The molecule has 106 valence electrons. The smallest absolute Gasteiger partial charge is 0.0181 e. The fourth-order valence-electron chi connectivity index (χ4n) is 2.93. The van der Waals surface area contributed by atoms with Crippen LogP contribution in [0.2, 0.25) is 0 Å². The van der Waals surface area contributed by atoms with E-state index in [1.807, 2.05) is 0 Å². The molecule has 0 amide bonds. The van der Waals surface area contributed by atoms with Gasteiger partial charge in [-0.05, 0) is 47.1 Å². The summed E-state index contributed by atoms with van der Waals surface area (Å²) < 4.78 is 0. The third-order valence-corrected chi connectivity index (χ3v) is 4.17. The third kappa shape index (κ3) is 3.72. The lowest BCUT2D eigenvalue weighted by Crippen LogP contribution is -2.01. The van der Waals surface area contributed by atoms with Crippen LogP contribution in [0.1, 0.15) is 24.5 Å². The molecule has 0 aliphatic heterocycles. The molecular weight excluding hydrogens is 252 g/mol. The summed E-state index contributed by atoms with van der Waals surface area (Å²) in [4.78, 5) is 0. The van der Waals surface area contributed by atoms with Gasteiger partial charge in [0.1, 0.15) is 0 Å². The van der Waals surface area contributed by atoms with Gasteiger partial charge in [-0.15, -0.1) is 0 Å². The van der Waals surface area contributed by atoms with E-state index in [0.717, 1.165) is 6.42 Å². The zero-order chi connectivity index (χ0) is 14.5. The first kappa shape index (κ1) is 13.9. The quantitative estimate of drug-likeness (QED) is 0.564. The van der Waals surface area contributed by atoms with Crippen molar-refractivity contribution >= 4 is 10.8 Å². The van der Waals surface area contributed by atoms with Crippen LogP contribution in [0.25, 0.3) is 10.8 Å². The van der Waals surface area contributed by atoms with Crippen LogP contribution in [0, 0.1) is 5.92 Å². The number of benzene rings is 3. The van der Waals surface area contributed by atoms with E-state index in [1.54, 1.807) is 0 Å². The standard InChI is InChI=1S/C21H22/c1-17(11-12-18-7-3-2-4-8-18)15-19-13-14-20-9-5-6-10-21(20)16-19/h2-10,13-14,16-17H,11-12,15H2,1H3. The highest BCUT2D eigenvalue weighted by Gasteiger charge is 2.05. The van der Waals surface area contributed by atoms with Gasteiger partial charge in [-0.1, -0.05) is 79.7 Å². The maximum atomic E-state index is 2.36. The number of rotatable bonds is 5. The molecule has 1 atom stereocenters. The van der Waals surface area contributed by atoms with Gasteiger partial charge in [0.15, 0.2) is 0 Å². The van der Waals surface area contributed by atoms with E-state index in [9.17, 15) is 0 Å². The topological polar surface area (TPSA) is 0 Å². The van der Waals surface area contributed by atoms with Crippen molar-refractivity contribution in [3.63, 3.8) is 0 Å².